The lowest BCUT2D eigenvalue weighted by atomic mass is 9.86. The van der Waals surface area contributed by atoms with Gasteiger partial charge in [0.15, 0.2) is 6.10 Å². The minimum absolute atomic E-state index is 0.142. The molecule has 0 heterocycles. The molecule has 0 aromatic heterocycles. The highest BCUT2D eigenvalue weighted by Crippen LogP contribution is 2.29. The number of rotatable bonds is 6. The number of benzene rings is 1. The van der Waals surface area contributed by atoms with E-state index in [1.165, 1.54) is 20.6 Å². The average Bonchev–Trinajstić information content (AvgIpc) is 2.62. The molecule has 6 nitrogen and oxygen atoms in total. The average molecular weight is 349 g/mol. The van der Waals surface area contributed by atoms with Crippen LogP contribution < -0.4 is 14.8 Å². The quantitative estimate of drug-likeness (QED) is 0.799. The lowest BCUT2D eigenvalue weighted by Gasteiger charge is -2.30. The van der Waals surface area contributed by atoms with E-state index < -0.39 is 12.1 Å². The van der Waals surface area contributed by atoms with Gasteiger partial charge in [0.2, 0.25) is 0 Å². The van der Waals surface area contributed by atoms with Crippen molar-refractivity contribution in [3.8, 4) is 11.5 Å². The van der Waals surface area contributed by atoms with Crippen LogP contribution in [0.4, 0.5) is 0 Å². The van der Waals surface area contributed by atoms with Gasteiger partial charge in [-0.3, -0.25) is 4.79 Å². The summed E-state index contributed by atoms with van der Waals surface area (Å²) in [7, 11) is 2.93. The van der Waals surface area contributed by atoms with Gasteiger partial charge in [-0.15, -0.1) is 0 Å². The fourth-order valence-corrected chi connectivity index (χ4v) is 3.16. The maximum absolute atomic E-state index is 12.5. The lowest BCUT2D eigenvalue weighted by Crippen LogP contribution is -2.46. The van der Waals surface area contributed by atoms with Crippen molar-refractivity contribution in [2.24, 2.45) is 5.92 Å². The van der Waals surface area contributed by atoms with Crippen LogP contribution >= 0.6 is 0 Å². The summed E-state index contributed by atoms with van der Waals surface area (Å²) in [6.45, 7) is 3.71. The largest absolute Gasteiger partial charge is 0.496 e. The Kier molecular flexibility index (Phi) is 6.67. The van der Waals surface area contributed by atoms with Crippen molar-refractivity contribution < 1.29 is 23.8 Å². The van der Waals surface area contributed by atoms with Gasteiger partial charge in [-0.05, 0) is 37.8 Å². The summed E-state index contributed by atoms with van der Waals surface area (Å²) >= 11 is 0. The molecule has 0 bridgehead atoms. The number of hydrogen-bond acceptors (Lipinski definition) is 5. The third-order valence-electron chi connectivity index (χ3n) is 4.72. The van der Waals surface area contributed by atoms with Gasteiger partial charge in [0.1, 0.15) is 17.1 Å². The molecule has 1 N–H and O–H groups in total. The van der Waals surface area contributed by atoms with E-state index in [-0.39, 0.29) is 17.5 Å². The Morgan fingerprint density at radius 3 is 2.28 bits per heavy atom. The van der Waals surface area contributed by atoms with E-state index in [0.717, 1.165) is 19.3 Å². The fraction of sp³-hybridized carbons (Fsp3) is 0.579. The summed E-state index contributed by atoms with van der Waals surface area (Å²) in [6, 6.07) is 5.15. The molecule has 1 aliphatic rings. The Labute approximate surface area is 148 Å². The van der Waals surface area contributed by atoms with Crippen LogP contribution in [0, 0.1) is 5.92 Å². The number of ether oxygens (including phenoxy) is 3. The molecule has 0 radical (unpaired) electrons. The van der Waals surface area contributed by atoms with Gasteiger partial charge in [-0.2, -0.15) is 0 Å². The zero-order valence-electron chi connectivity index (χ0n) is 15.3. The number of nitrogens with one attached hydrogen (secondary N) is 1. The molecular formula is C19H27NO5. The van der Waals surface area contributed by atoms with Crippen LogP contribution in [-0.4, -0.2) is 38.2 Å². The van der Waals surface area contributed by atoms with Gasteiger partial charge >= 0.3 is 5.97 Å². The minimum atomic E-state index is -0.892. The van der Waals surface area contributed by atoms with Gasteiger partial charge in [0.05, 0.1) is 14.2 Å². The van der Waals surface area contributed by atoms with E-state index in [0.29, 0.717) is 17.4 Å². The molecular weight excluding hydrogens is 322 g/mol. The first-order valence-corrected chi connectivity index (χ1v) is 8.70. The second-order valence-corrected chi connectivity index (χ2v) is 6.46. The van der Waals surface area contributed by atoms with Gasteiger partial charge in [0.25, 0.3) is 5.91 Å². The zero-order chi connectivity index (χ0) is 18.4. The monoisotopic (exact) mass is 349 g/mol. The van der Waals surface area contributed by atoms with Crippen molar-refractivity contribution in [1.82, 2.24) is 5.32 Å². The Hall–Kier alpha value is -2.24. The summed E-state index contributed by atoms with van der Waals surface area (Å²) in [5.74, 6) is 0.209. The van der Waals surface area contributed by atoms with Crippen molar-refractivity contribution in [1.29, 1.82) is 0 Å². The van der Waals surface area contributed by atoms with Crippen molar-refractivity contribution in [2.45, 2.75) is 51.7 Å². The standard InChI is InChI=1S/C19H27NO5/c1-12-8-5-6-9-14(12)20-18(21)13(2)25-19(22)17-15(23-3)10-7-11-16(17)24-4/h7,10-14H,5-6,8-9H2,1-4H3,(H,20,21)/t12-,13-,14+/m1/s1. The number of amides is 1. The Bertz CT molecular complexity index is 594. The normalized spacial score (nSPS) is 21.1. The second-order valence-electron chi connectivity index (χ2n) is 6.46. The van der Waals surface area contributed by atoms with E-state index in [1.54, 1.807) is 25.1 Å². The van der Waals surface area contributed by atoms with E-state index in [2.05, 4.69) is 12.2 Å². The van der Waals surface area contributed by atoms with Crippen LogP contribution in [-0.2, 0) is 9.53 Å². The smallest absolute Gasteiger partial charge is 0.346 e. The van der Waals surface area contributed by atoms with Crippen molar-refractivity contribution >= 4 is 11.9 Å². The van der Waals surface area contributed by atoms with Crippen LogP contribution in [0.15, 0.2) is 18.2 Å². The minimum Gasteiger partial charge on any atom is -0.496 e. The molecule has 0 unspecified atom stereocenters. The topological polar surface area (TPSA) is 73.9 Å². The van der Waals surface area contributed by atoms with E-state index in [4.69, 9.17) is 14.2 Å². The number of carbonyl (C=O) groups excluding carboxylic acids is 2. The molecule has 1 aliphatic carbocycles. The highest BCUT2D eigenvalue weighted by molar-refractivity contribution is 5.97. The highest BCUT2D eigenvalue weighted by atomic mass is 16.6. The van der Waals surface area contributed by atoms with E-state index in [1.807, 2.05) is 0 Å². The molecule has 0 aliphatic heterocycles. The Morgan fingerprint density at radius 1 is 1.12 bits per heavy atom. The van der Waals surface area contributed by atoms with E-state index in [9.17, 15) is 9.59 Å². The van der Waals surface area contributed by atoms with Crippen LogP contribution in [0.25, 0.3) is 0 Å². The lowest BCUT2D eigenvalue weighted by molar-refractivity contribution is -0.130. The zero-order valence-corrected chi connectivity index (χ0v) is 15.3. The SMILES string of the molecule is COc1cccc(OC)c1C(=O)O[C@H](C)C(=O)N[C@H]1CCCC[C@H]1C. The van der Waals surface area contributed by atoms with Crippen LogP contribution in [0.5, 0.6) is 11.5 Å². The molecule has 25 heavy (non-hydrogen) atoms. The molecule has 3 atom stereocenters. The summed E-state index contributed by atoms with van der Waals surface area (Å²) in [5, 5.41) is 3.00. The molecule has 1 fully saturated rings. The van der Waals surface area contributed by atoms with E-state index >= 15 is 0 Å². The first-order chi connectivity index (χ1) is 12.0. The molecule has 6 heteroatoms. The molecule has 0 saturated heterocycles. The third kappa shape index (κ3) is 4.65. The van der Waals surface area contributed by atoms with Gasteiger partial charge < -0.3 is 19.5 Å². The first-order valence-electron chi connectivity index (χ1n) is 8.70. The van der Waals surface area contributed by atoms with Gasteiger partial charge in [-0.1, -0.05) is 25.8 Å². The highest BCUT2D eigenvalue weighted by Gasteiger charge is 2.28. The molecule has 1 amide bonds. The number of carbonyl (C=O) groups is 2. The van der Waals surface area contributed by atoms with Gasteiger partial charge in [0, 0.05) is 6.04 Å². The summed E-state index contributed by atoms with van der Waals surface area (Å²) in [5.41, 5.74) is 0.179. The summed E-state index contributed by atoms with van der Waals surface area (Å²) in [4.78, 5) is 24.9. The predicted molar refractivity (Wildman–Crippen MR) is 94.0 cm³/mol. The first kappa shape index (κ1) is 19.1. The Morgan fingerprint density at radius 2 is 1.72 bits per heavy atom. The fourth-order valence-electron chi connectivity index (χ4n) is 3.16. The predicted octanol–water partition coefficient (Wildman–Crippen LogP) is 2.94. The molecule has 1 aromatic carbocycles. The van der Waals surface area contributed by atoms with Crippen LogP contribution in [0.2, 0.25) is 0 Å². The third-order valence-corrected chi connectivity index (χ3v) is 4.72. The maximum Gasteiger partial charge on any atom is 0.346 e. The number of methoxy groups -OCH3 is 2. The molecule has 1 saturated carbocycles. The van der Waals surface area contributed by atoms with Crippen LogP contribution in [0.1, 0.15) is 49.9 Å². The molecule has 138 valence electrons. The van der Waals surface area contributed by atoms with Crippen molar-refractivity contribution in [3.63, 3.8) is 0 Å². The summed E-state index contributed by atoms with van der Waals surface area (Å²) in [6.07, 6.45) is 3.50. The molecule has 2 rings (SSSR count). The van der Waals surface area contributed by atoms with Crippen molar-refractivity contribution in [3.05, 3.63) is 23.8 Å². The van der Waals surface area contributed by atoms with Gasteiger partial charge in [-0.25, -0.2) is 4.79 Å². The molecule has 1 aromatic rings. The van der Waals surface area contributed by atoms with Crippen molar-refractivity contribution in [2.75, 3.05) is 14.2 Å². The number of esters is 1. The Balaban J connectivity index is 2.03. The maximum atomic E-state index is 12.5. The van der Waals surface area contributed by atoms with Crippen LogP contribution in [0.3, 0.4) is 0 Å². The second kappa shape index (κ2) is 8.74. The number of hydrogen-bond donors (Lipinski definition) is 1. The molecule has 0 spiro atoms. The summed E-state index contributed by atoms with van der Waals surface area (Å²) < 4.78 is 15.8.